The van der Waals surface area contributed by atoms with Crippen LogP contribution in [0.3, 0.4) is 0 Å². The second-order valence-electron chi connectivity index (χ2n) is 4.29. The van der Waals surface area contributed by atoms with Crippen molar-refractivity contribution in [2.75, 3.05) is 5.33 Å². The molecule has 1 aliphatic carbocycles. The molecule has 15 heavy (non-hydrogen) atoms. The first-order chi connectivity index (χ1) is 7.42. The van der Waals surface area contributed by atoms with Gasteiger partial charge in [0.2, 0.25) is 0 Å². The highest BCUT2D eigenvalue weighted by molar-refractivity contribution is 9.09. The molecule has 0 aromatic carbocycles. The molecule has 0 fully saturated rings. The van der Waals surface area contributed by atoms with E-state index < -0.39 is 0 Å². The number of imidazole rings is 1. The van der Waals surface area contributed by atoms with Crippen molar-refractivity contribution in [1.82, 2.24) is 9.55 Å². The van der Waals surface area contributed by atoms with E-state index in [0.717, 1.165) is 11.9 Å². The van der Waals surface area contributed by atoms with Crippen molar-refractivity contribution < 1.29 is 0 Å². The number of unbranched alkanes of at least 4 members (excludes halogenated alkanes) is 2. The topological polar surface area (TPSA) is 17.8 Å². The van der Waals surface area contributed by atoms with Crippen molar-refractivity contribution in [2.45, 2.75) is 51.5 Å². The highest BCUT2D eigenvalue weighted by Crippen LogP contribution is 2.20. The van der Waals surface area contributed by atoms with E-state index in [0.29, 0.717) is 0 Å². The van der Waals surface area contributed by atoms with Crippen LogP contribution >= 0.6 is 15.9 Å². The molecule has 3 heteroatoms. The number of halogens is 1. The Bertz CT molecular complexity index is 307. The number of rotatable bonds is 5. The Hall–Kier alpha value is -0.310. The van der Waals surface area contributed by atoms with E-state index in [4.69, 9.17) is 0 Å². The van der Waals surface area contributed by atoms with Gasteiger partial charge < -0.3 is 4.57 Å². The third kappa shape index (κ3) is 2.83. The summed E-state index contributed by atoms with van der Waals surface area (Å²) in [7, 11) is 0. The highest BCUT2D eigenvalue weighted by atomic mass is 79.9. The monoisotopic (exact) mass is 270 g/mol. The summed E-state index contributed by atoms with van der Waals surface area (Å²) in [5.41, 5.74) is 2.88. The van der Waals surface area contributed by atoms with Crippen molar-refractivity contribution in [3.8, 4) is 0 Å². The molecule has 1 aromatic rings. The van der Waals surface area contributed by atoms with Gasteiger partial charge in [-0.3, -0.25) is 0 Å². The molecular formula is C12H19BrN2. The Kier molecular flexibility index (Phi) is 4.24. The minimum absolute atomic E-state index is 1.13. The molecule has 0 saturated carbocycles. The average Bonchev–Trinajstić information content (AvgIpc) is 2.68. The van der Waals surface area contributed by atoms with Gasteiger partial charge in [0.15, 0.2) is 0 Å². The van der Waals surface area contributed by atoms with E-state index >= 15 is 0 Å². The lowest BCUT2D eigenvalue weighted by Crippen LogP contribution is -2.08. The van der Waals surface area contributed by atoms with Crippen molar-refractivity contribution in [2.24, 2.45) is 0 Å². The first-order valence-corrected chi connectivity index (χ1v) is 7.13. The molecular weight excluding hydrogens is 252 g/mol. The molecule has 84 valence electrons. The van der Waals surface area contributed by atoms with Gasteiger partial charge in [-0.15, -0.1) is 0 Å². The van der Waals surface area contributed by atoms with Crippen molar-refractivity contribution in [3.63, 3.8) is 0 Å². The van der Waals surface area contributed by atoms with Gasteiger partial charge in [0.25, 0.3) is 0 Å². The van der Waals surface area contributed by atoms with Crippen LogP contribution in [0.2, 0.25) is 0 Å². The molecule has 0 bridgehead atoms. The number of alkyl halides is 1. The third-order valence-corrected chi connectivity index (χ3v) is 3.70. The van der Waals surface area contributed by atoms with E-state index in [1.54, 1.807) is 0 Å². The zero-order chi connectivity index (χ0) is 10.5. The second kappa shape index (κ2) is 5.69. The van der Waals surface area contributed by atoms with Crippen LogP contribution in [0.15, 0.2) is 6.33 Å². The molecule has 0 radical (unpaired) electrons. The molecule has 0 aliphatic heterocycles. The second-order valence-corrected chi connectivity index (χ2v) is 5.08. The minimum atomic E-state index is 1.13. The SMILES string of the molecule is BrCCCCCn1cnc2c1CCCC2. The van der Waals surface area contributed by atoms with Crippen LogP contribution in [-0.2, 0) is 19.4 Å². The van der Waals surface area contributed by atoms with Gasteiger partial charge in [0.1, 0.15) is 0 Å². The molecule has 0 N–H and O–H groups in total. The maximum atomic E-state index is 4.51. The van der Waals surface area contributed by atoms with E-state index in [-0.39, 0.29) is 0 Å². The summed E-state index contributed by atoms with van der Waals surface area (Å²) >= 11 is 3.47. The van der Waals surface area contributed by atoms with Crippen molar-refractivity contribution in [3.05, 3.63) is 17.7 Å². The minimum Gasteiger partial charge on any atom is -0.334 e. The van der Waals surface area contributed by atoms with E-state index in [1.807, 2.05) is 6.33 Å². The van der Waals surface area contributed by atoms with Crippen LogP contribution in [0.25, 0.3) is 0 Å². The Morgan fingerprint density at radius 3 is 2.93 bits per heavy atom. The molecule has 1 heterocycles. The molecule has 2 rings (SSSR count). The third-order valence-electron chi connectivity index (χ3n) is 3.14. The van der Waals surface area contributed by atoms with Gasteiger partial charge in [-0.05, 0) is 38.5 Å². The zero-order valence-corrected chi connectivity index (χ0v) is 10.8. The molecule has 0 atom stereocenters. The first-order valence-electron chi connectivity index (χ1n) is 6.00. The Morgan fingerprint density at radius 2 is 2.07 bits per heavy atom. The zero-order valence-electron chi connectivity index (χ0n) is 9.21. The Labute approximate surface area is 100 Å². The summed E-state index contributed by atoms with van der Waals surface area (Å²) in [6.07, 6.45) is 11.1. The van der Waals surface area contributed by atoms with Crippen LogP contribution in [0.5, 0.6) is 0 Å². The standard InChI is InChI=1S/C12H19BrN2/c13-8-4-1-5-9-15-10-14-11-6-2-3-7-12(11)15/h10H,1-9H2. The molecule has 0 amide bonds. The number of fused-ring (bicyclic) bond motifs is 1. The number of hydrogen-bond acceptors (Lipinski definition) is 1. The molecule has 0 unspecified atom stereocenters. The molecule has 2 nitrogen and oxygen atoms in total. The largest absolute Gasteiger partial charge is 0.334 e. The fourth-order valence-corrected chi connectivity index (χ4v) is 2.67. The summed E-state index contributed by atoms with van der Waals surface area (Å²) in [6.45, 7) is 1.16. The van der Waals surface area contributed by atoms with Gasteiger partial charge in [-0.1, -0.05) is 22.4 Å². The fourth-order valence-electron chi connectivity index (χ4n) is 2.28. The fraction of sp³-hybridized carbons (Fsp3) is 0.750. The van der Waals surface area contributed by atoms with Gasteiger partial charge in [-0.25, -0.2) is 4.98 Å². The molecule has 0 spiro atoms. The van der Waals surface area contributed by atoms with E-state index in [9.17, 15) is 0 Å². The van der Waals surface area contributed by atoms with Gasteiger partial charge >= 0.3 is 0 Å². The molecule has 0 saturated heterocycles. The maximum absolute atomic E-state index is 4.51. The van der Waals surface area contributed by atoms with E-state index in [2.05, 4.69) is 25.5 Å². The van der Waals surface area contributed by atoms with Crippen LogP contribution in [0, 0.1) is 0 Å². The molecule has 1 aliphatic rings. The number of nitrogens with zero attached hydrogens (tertiary/aromatic N) is 2. The van der Waals surface area contributed by atoms with Crippen molar-refractivity contribution in [1.29, 1.82) is 0 Å². The van der Waals surface area contributed by atoms with Crippen LogP contribution in [-0.4, -0.2) is 14.9 Å². The summed E-state index contributed by atoms with van der Waals surface area (Å²) in [6, 6.07) is 0. The quantitative estimate of drug-likeness (QED) is 0.593. The molecule has 1 aromatic heterocycles. The average molecular weight is 271 g/mol. The normalized spacial score (nSPS) is 15.3. The maximum Gasteiger partial charge on any atom is 0.0951 e. The predicted octanol–water partition coefficient (Wildman–Crippen LogP) is 3.33. The summed E-state index contributed by atoms with van der Waals surface area (Å²) in [5, 5.41) is 1.13. The number of aryl methyl sites for hydroxylation is 2. The lowest BCUT2D eigenvalue weighted by molar-refractivity contribution is 0.563. The summed E-state index contributed by atoms with van der Waals surface area (Å²) < 4.78 is 2.38. The van der Waals surface area contributed by atoms with Crippen LogP contribution in [0.1, 0.15) is 43.5 Å². The smallest absolute Gasteiger partial charge is 0.0951 e. The lowest BCUT2D eigenvalue weighted by atomic mass is 10.0. The Balaban J connectivity index is 1.88. The van der Waals surface area contributed by atoms with E-state index in [1.165, 1.54) is 56.3 Å². The Morgan fingerprint density at radius 1 is 1.20 bits per heavy atom. The van der Waals surface area contributed by atoms with Gasteiger partial charge in [-0.2, -0.15) is 0 Å². The first kappa shape index (κ1) is 11.2. The van der Waals surface area contributed by atoms with Crippen molar-refractivity contribution >= 4 is 15.9 Å². The number of hydrogen-bond donors (Lipinski definition) is 0. The highest BCUT2D eigenvalue weighted by Gasteiger charge is 2.14. The number of aromatic nitrogens is 2. The lowest BCUT2D eigenvalue weighted by Gasteiger charge is -2.13. The van der Waals surface area contributed by atoms with Gasteiger partial charge in [0, 0.05) is 17.6 Å². The summed E-state index contributed by atoms with van der Waals surface area (Å²) in [4.78, 5) is 4.51. The van der Waals surface area contributed by atoms with Gasteiger partial charge in [0.05, 0.1) is 12.0 Å². The predicted molar refractivity (Wildman–Crippen MR) is 66.5 cm³/mol. The summed E-state index contributed by atoms with van der Waals surface area (Å²) in [5.74, 6) is 0. The van der Waals surface area contributed by atoms with Crippen LogP contribution in [0.4, 0.5) is 0 Å². The van der Waals surface area contributed by atoms with Crippen LogP contribution < -0.4 is 0 Å².